The van der Waals surface area contributed by atoms with Crippen LogP contribution in [0.5, 0.6) is 0 Å². The van der Waals surface area contributed by atoms with Crippen LogP contribution in [0.25, 0.3) is 0 Å². The number of sulfonamides is 2. The number of hydrogen-bond donors (Lipinski definition) is 3. The van der Waals surface area contributed by atoms with Gasteiger partial charge in [-0.1, -0.05) is 0 Å². The van der Waals surface area contributed by atoms with Crippen LogP contribution in [0.15, 0.2) is 17.3 Å². The summed E-state index contributed by atoms with van der Waals surface area (Å²) in [6.45, 7) is 3.07. The summed E-state index contributed by atoms with van der Waals surface area (Å²) in [5.41, 5.74) is -0.926. The average Bonchev–Trinajstić information content (AvgIpc) is 2.64. The average molecular weight is 296 g/mol. The molecule has 104 valence electrons. The maximum Gasteiger partial charge on any atom is 0.243 e. The second kappa shape index (κ2) is 4.96. The zero-order valence-electron chi connectivity index (χ0n) is 10.3. The monoisotopic (exact) mass is 296 g/mol. The number of aromatic nitrogens is 2. The van der Waals surface area contributed by atoms with Crippen molar-refractivity contribution in [1.29, 1.82) is 0 Å². The van der Waals surface area contributed by atoms with Crippen LogP contribution in [0, 0.1) is 0 Å². The van der Waals surface area contributed by atoms with Crippen molar-refractivity contribution in [2.75, 3.05) is 12.8 Å². The first-order chi connectivity index (χ1) is 8.02. The van der Waals surface area contributed by atoms with Crippen molar-refractivity contribution < 1.29 is 16.8 Å². The van der Waals surface area contributed by atoms with E-state index in [1.54, 1.807) is 13.8 Å². The highest BCUT2D eigenvalue weighted by molar-refractivity contribution is 7.89. The quantitative estimate of drug-likeness (QED) is 0.622. The predicted molar refractivity (Wildman–Crippen MR) is 65.8 cm³/mol. The Morgan fingerprint density at radius 2 is 1.94 bits per heavy atom. The summed E-state index contributed by atoms with van der Waals surface area (Å²) in [7, 11) is -7.09. The zero-order chi connectivity index (χ0) is 14.0. The minimum Gasteiger partial charge on any atom is -0.284 e. The molecule has 18 heavy (non-hydrogen) atoms. The fraction of sp³-hybridized carbons (Fsp3) is 0.625. The summed E-state index contributed by atoms with van der Waals surface area (Å²) in [6, 6.07) is 0. The van der Waals surface area contributed by atoms with Crippen LogP contribution in [-0.2, 0) is 20.0 Å². The normalized spacial score (nSPS) is 13.7. The molecule has 8 nitrogen and oxygen atoms in total. The summed E-state index contributed by atoms with van der Waals surface area (Å²) in [5, 5.41) is 5.93. The highest BCUT2D eigenvalue weighted by Crippen LogP contribution is 2.07. The molecule has 1 aromatic heterocycles. The Hall–Kier alpha value is -0.970. The fourth-order valence-electron chi connectivity index (χ4n) is 1.28. The van der Waals surface area contributed by atoms with Gasteiger partial charge >= 0.3 is 0 Å². The van der Waals surface area contributed by atoms with Gasteiger partial charge in [0, 0.05) is 18.3 Å². The Kier molecular flexibility index (Phi) is 4.15. The van der Waals surface area contributed by atoms with E-state index in [0.717, 1.165) is 6.26 Å². The molecule has 0 atom stereocenters. The SMILES string of the molecule is CC(C)(CNS(=O)(=O)c1cn[nH]c1)NS(C)(=O)=O. The number of rotatable bonds is 6. The van der Waals surface area contributed by atoms with E-state index in [2.05, 4.69) is 19.6 Å². The molecule has 10 heteroatoms. The van der Waals surface area contributed by atoms with Crippen molar-refractivity contribution >= 4 is 20.0 Å². The van der Waals surface area contributed by atoms with Gasteiger partial charge in [0.2, 0.25) is 20.0 Å². The second-order valence-corrected chi connectivity index (χ2v) is 8.03. The zero-order valence-corrected chi connectivity index (χ0v) is 11.9. The molecule has 3 N–H and O–H groups in total. The lowest BCUT2D eigenvalue weighted by Crippen LogP contribution is -2.50. The molecule has 0 aliphatic rings. The van der Waals surface area contributed by atoms with E-state index in [1.165, 1.54) is 12.4 Å². The predicted octanol–water partition coefficient (Wildman–Crippen LogP) is -0.984. The van der Waals surface area contributed by atoms with Crippen LogP contribution in [0.4, 0.5) is 0 Å². The topological polar surface area (TPSA) is 121 Å². The van der Waals surface area contributed by atoms with Crippen LogP contribution < -0.4 is 9.44 Å². The van der Waals surface area contributed by atoms with Gasteiger partial charge in [-0.2, -0.15) is 5.10 Å². The molecule has 0 saturated heterocycles. The highest BCUT2D eigenvalue weighted by Gasteiger charge is 2.25. The van der Waals surface area contributed by atoms with Crippen molar-refractivity contribution in [3.8, 4) is 0 Å². The van der Waals surface area contributed by atoms with E-state index in [1.807, 2.05) is 0 Å². The Bertz CT molecular complexity index is 589. The van der Waals surface area contributed by atoms with E-state index in [-0.39, 0.29) is 11.4 Å². The summed E-state index contributed by atoms with van der Waals surface area (Å²) < 4.78 is 50.4. The molecule has 0 saturated carbocycles. The lowest BCUT2D eigenvalue weighted by molar-refractivity contribution is 0.446. The maximum absolute atomic E-state index is 11.8. The Labute approximate surface area is 106 Å². The Balaban J connectivity index is 2.71. The van der Waals surface area contributed by atoms with Crippen LogP contribution >= 0.6 is 0 Å². The number of hydrogen-bond acceptors (Lipinski definition) is 5. The molecular weight excluding hydrogens is 280 g/mol. The van der Waals surface area contributed by atoms with Gasteiger partial charge in [-0.15, -0.1) is 0 Å². The molecule has 1 aromatic rings. The van der Waals surface area contributed by atoms with Crippen molar-refractivity contribution in [3.63, 3.8) is 0 Å². The van der Waals surface area contributed by atoms with Gasteiger partial charge < -0.3 is 0 Å². The first kappa shape index (κ1) is 15.1. The number of H-pyrrole nitrogens is 1. The first-order valence-corrected chi connectivity index (χ1v) is 8.37. The summed E-state index contributed by atoms with van der Waals surface area (Å²) in [5.74, 6) is 0. The molecule has 0 amide bonds. The van der Waals surface area contributed by atoms with E-state index in [0.29, 0.717) is 0 Å². The van der Waals surface area contributed by atoms with Crippen LogP contribution in [0.2, 0.25) is 0 Å². The van der Waals surface area contributed by atoms with Gasteiger partial charge in [0.15, 0.2) is 0 Å². The minimum atomic E-state index is -3.68. The van der Waals surface area contributed by atoms with E-state index in [9.17, 15) is 16.8 Å². The molecule has 1 heterocycles. The van der Waals surface area contributed by atoms with E-state index in [4.69, 9.17) is 0 Å². The lowest BCUT2D eigenvalue weighted by Gasteiger charge is -2.24. The van der Waals surface area contributed by atoms with Crippen molar-refractivity contribution in [2.45, 2.75) is 24.3 Å². The molecule has 0 spiro atoms. The summed E-state index contributed by atoms with van der Waals surface area (Å²) in [4.78, 5) is -0.00217. The fourth-order valence-corrected chi connectivity index (χ4v) is 3.48. The largest absolute Gasteiger partial charge is 0.284 e. The Morgan fingerprint density at radius 1 is 1.33 bits per heavy atom. The smallest absolute Gasteiger partial charge is 0.243 e. The van der Waals surface area contributed by atoms with E-state index >= 15 is 0 Å². The standard InChI is InChI=1S/C8H16N4O4S2/c1-8(2,12-17(3,13)14)6-11-18(15,16)7-4-9-10-5-7/h4-5,11-12H,6H2,1-3H3,(H,9,10). The molecule has 0 fully saturated rings. The minimum absolute atomic E-state index is 0.00217. The number of nitrogens with zero attached hydrogens (tertiary/aromatic N) is 1. The molecule has 1 rings (SSSR count). The van der Waals surface area contributed by atoms with Gasteiger partial charge in [0.05, 0.1) is 12.5 Å². The second-order valence-electron chi connectivity index (χ2n) is 4.52. The molecular formula is C8H16N4O4S2. The first-order valence-electron chi connectivity index (χ1n) is 4.99. The lowest BCUT2D eigenvalue weighted by atomic mass is 10.1. The third-order valence-electron chi connectivity index (χ3n) is 1.95. The molecule has 0 aromatic carbocycles. The number of nitrogens with one attached hydrogen (secondary N) is 3. The van der Waals surface area contributed by atoms with Gasteiger partial charge in [0.25, 0.3) is 0 Å². The highest BCUT2D eigenvalue weighted by atomic mass is 32.2. The van der Waals surface area contributed by atoms with Gasteiger partial charge in [-0.05, 0) is 13.8 Å². The molecule has 0 bridgehead atoms. The van der Waals surface area contributed by atoms with Gasteiger partial charge in [-0.25, -0.2) is 26.3 Å². The number of aromatic amines is 1. The summed E-state index contributed by atoms with van der Waals surface area (Å²) in [6.07, 6.45) is 3.41. The maximum atomic E-state index is 11.8. The van der Waals surface area contributed by atoms with Crippen LogP contribution in [-0.4, -0.2) is 45.4 Å². The summed E-state index contributed by atoms with van der Waals surface area (Å²) >= 11 is 0. The molecule has 0 radical (unpaired) electrons. The van der Waals surface area contributed by atoms with E-state index < -0.39 is 25.6 Å². The third-order valence-corrected chi connectivity index (χ3v) is 4.24. The third kappa shape index (κ3) is 4.72. The van der Waals surface area contributed by atoms with Crippen LogP contribution in [0.1, 0.15) is 13.8 Å². The van der Waals surface area contributed by atoms with Crippen molar-refractivity contribution in [3.05, 3.63) is 12.4 Å². The molecule has 0 unspecified atom stereocenters. The van der Waals surface area contributed by atoms with Crippen LogP contribution in [0.3, 0.4) is 0 Å². The van der Waals surface area contributed by atoms with Crippen molar-refractivity contribution in [2.24, 2.45) is 0 Å². The van der Waals surface area contributed by atoms with Crippen molar-refractivity contribution in [1.82, 2.24) is 19.6 Å². The van der Waals surface area contributed by atoms with Gasteiger partial charge in [-0.3, -0.25) is 5.10 Å². The molecule has 0 aliphatic heterocycles. The Morgan fingerprint density at radius 3 is 2.39 bits per heavy atom. The van der Waals surface area contributed by atoms with Gasteiger partial charge in [0.1, 0.15) is 4.90 Å². The molecule has 0 aliphatic carbocycles.